The number of likely N-dealkylation sites (N-methyl/N-ethyl adjacent to an activating group) is 1. The Kier molecular flexibility index (Phi) is 6.52. The topological polar surface area (TPSA) is 38.8 Å². The number of carbonyl (C=O) groups is 1. The van der Waals surface area contributed by atoms with E-state index in [9.17, 15) is 4.79 Å². The number of hydrogen-bond donors (Lipinski definition) is 0. The Labute approximate surface area is 104 Å². The minimum atomic E-state index is -0.139. The zero-order chi connectivity index (χ0) is 12.7. The highest BCUT2D eigenvalue weighted by molar-refractivity contribution is 5.75. The van der Waals surface area contributed by atoms with Gasteiger partial charge < -0.3 is 9.47 Å². The third kappa shape index (κ3) is 5.50. The van der Waals surface area contributed by atoms with Crippen LogP contribution in [0.15, 0.2) is 0 Å². The van der Waals surface area contributed by atoms with E-state index in [2.05, 4.69) is 0 Å². The van der Waals surface area contributed by atoms with Crippen molar-refractivity contribution in [1.29, 1.82) is 0 Å². The average molecular weight is 243 g/mol. The highest BCUT2D eigenvalue weighted by atomic mass is 16.5. The van der Waals surface area contributed by atoms with Crippen LogP contribution in [0.1, 0.15) is 33.1 Å². The van der Waals surface area contributed by atoms with Gasteiger partial charge in [0.1, 0.15) is 6.04 Å². The highest BCUT2D eigenvalue weighted by Gasteiger charge is 2.23. The molecule has 1 unspecified atom stereocenters. The van der Waals surface area contributed by atoms with E-state index in [-0.39, 0.29) is 12.0 Å². The molecule has 0 amide bonds. The van der Waals surface area contributed by atoms with Crippen LogP contribution in [0.3, 0.4) is 0 Å². The third-order valence-electron chi connectivity index (χ3n) is 3.12. The van der Waals surface area contributed by atoms with E-state index in [4.69, 9.17) is 9.47 Å². The summed E-state index contributed by atoms with van der Waals surface area (Å²) in [7, 11) is 1.95. The van der Waals surface area contributed by atoms with E-state index in [1.165, 1.54) is 12.8 Å². The first-order valence-corrected chi connectivity index (χ1v) is 6.63. The van der Waals surface area contributed by atoms with Crippen molar-refractivity contribution in [1.82, 2.24) is 4.90 Å². The van der Waals surface area contributed by atoms with Crippen molar-refractivity contribution < 1.29 is 14.3 Å². The van der Waals surface area contributed by atoms with Gasteiger partial charge in [-0.05, 0) is 39.2 Å². The van der Waals surface area contributed by atoms with Crippen LogP contribution >= 0.6 is 0 Å². The molecule has 17 heavy (non-hydrogen) atoms. The molecule has 0 bridgehead atoms. The largest absolute Gasteiger partial charge is 0.465 e. The van der Waals surface area contributed by atoms with Gasteiger partial charge in [0.2, 0.25) is 0 Å². The van der Waals surface area contributed by atoms with Crippen LogP contribution in [0, 0.1) is 5.92 Å². The first-order valence-electron chi connectivity index (χ1n) is 6.63. The predicted molar refractivity (Wildman–Crippen MR) is 66.9 cm³/mol. The molecule has 1 aliphatic carbocycles. The molecule has 1 aliphatic rings. The fourth-order valence-electron chi connectivity index (χ4n) is 1.80. The molecule has 100 valence electrons. The van der Waals surface area contributed by atoms with Crippen LogP contribution in [0.2, 0.25) is 0 Å². The second kappa shape index (κ2) is 7.67. The molecule has 0 saturated heterocycles. The maximum Gasteiger partial charge on any atom is 0.323 e. The Morgan fingerprint density at radius 1 is 1.41 bits per heavy atom. The van der Waals surface area contributed by atoms with Crippen LogP contribution in [-0.4, -0.2) is 50.3 Å². The van der Waals surface area contributed by atoms with Crippen LogP contribution in [-0.2, 0) is 14.3 Å². The van der Waals surface area contributed by atoms with Gasteiger partial charge in [0.15, 0.2) is 0 Å². The van der Waals surface area contributed by atoms with Crippen molar-refractivity contribution in [2.24, 2.45) is 5.92 Å². The van der Waals surface area contributed by atoms with Gasteiger partial charge in [-0.15, -0.1) is 0 Å². The quantitative estimate of drug-likeness (QED) is 0.456. The monoisotopic (exact) mass is 243 g/mol. The Hall–Kier alpha value is -0.610. The van der Waals surface area contributed by atoms with Gasteiger partial charge in [-0.1, -0.05) is 6.92 Å². The lowest BCUT2D eigenvalue weighted by atomic mass is 10.2. The summed E-state index contributed by atoms with van der Waals surface area (Å²) in [6, 6.07) is -0.139. The lowest BCUT2D eigenvalue weighted by Gasteiger charge is -2.25. The molecule has 1 saturated carbocycles. The van der Waals surface area contributed by atoms with Crippen molar-refractivity contribution in [3.8, 4) is 0 Å². The molecule has 0 heterocycles. The van der Waals surface area contributed by atoms with Crippen molar-refractivity contribution in [2.75, 3.05) is 33.4 Å². The Morgan fingerprint density at radius 2 is 2.12 bits per heavy atom. The molecule has 1 fully saturated rings. The third-order valence-corrected chi connectivity index (χ3v) is 3.12. The van der Waals surface area contributed by atoms with Crippen LogP contribution in [0.25, 0.3) is 0 Å². The second-order valence-corrected chi connectivity index (χ2v) is 4.67. The lowest BCUT2D eigenvalue weighted by molar-refractivity contribution is -0.149. The first-order chi connectivity index (χ1) is 8.19. The van der Waals surface area contributed by atoms with E-state index in [1.807, 2.05) is 25.8 Å². The van der Waals surface area contributed by atoms with Crippen molar-refractivity contribution >= 4 is 5.97 Å². The van der Waals surface area contributed by atoms with Gasteiger partial charge in [0.25, 0.3) is 0 Å². The minimum absolute atomic E-state index is 0.125. The predicted octanol–water partition coefficient (Wildman–Crippen LogP) is 1.69. The number of nitrogens with zero attached hydrogens (tertiary/aromatic N) is 1. The summed E-state index contributed by atoms with van der Waals surface area (Å²) in [4.78, 5) is 13.7. The SMILES string of the molecule is CCOC(=O)C(CC)N(C)CCOCC1CC1. The summed E-state index contributed by atoms with van der Waals surface area (Å²) < 4.78 is 10.6. The van der Waals surface area contributed by atoms with Crippen molar-refractivity contribution in [3.63, 3.8) is 0 Å². The zero-order valence-electron chi connectivity index (χ0n) is 11.3. The maximum atomic E-state index is 11.7. The molecule has 0 aliphatic heterocycles. The standard InChI is InChI=1S/C13H25NO3/c1-4-12(13(15)17-5-2)14(3)8-9-16-10-11-6-7-11/h11-12H,4-10H2,1-3H3. The molecule has 0 aromatic carbocycles. The van der Waals surface area contributed by atoms with E-state index in [0.717, 1.165) is 25.5 Å². The fraction of sp³-hybridized carbons (Fsp3) is 0.923. The van der Waals surface area contributed by atoms with Gasteiger partial charge in [0, 0.05) is 13.2 Å². The zero-order valence-corrected chi connectivity index (χ0v) is 11.3. The molecule has 0 radical (unpaired) electrons. The number of ether oxygens (including phenoxy) is 2. The van der Waals surface area contributed by atoms with Gasteiger partial charge in [-0.2, -0.15) is 0 Å². The summed E-state index contributed by atoms with van der Waals surface area (Å²) in [6.45, 7) is 6.64. The van der Waals surface area contributed by atoms with Crippen LogP contribution in [0.4, 0.5) is 0 Å². The summed E-state index contributed by atoms with van der Waals surface area (Å²) in [5.41, 5.74) is 0. The minimum Gasteiger partial charge on any atom is -0.465 e. The summed E-state index contributed by atoms with van der Waals surface area (Å²) >= 11 is 0. The average Bonchev–Trinajstić information content (AvgIpc) is 3.09. The van der Waals surface area contributed by atoms with Gasteiger partial charge in [-0.25, -0.2) is 0 Å². The fourth-order valence-corrected chi connectivity index (χ4v) is 1.80. The molecule has 0 N–H and O–H groups in total. The molecular weight excluding hydrogens is 218 g/mol. The molecule has 1 rings (SSSR count). The smallest absolute Gasteiger partial charge is 0.323 e. The Balaban J connectivity index is 2.16. The van der Waals surface area contributed by atoms with E-state index in [0.29, 0.717) is 13.2 Å². The van der Waals surface area contributed by atoms with Crippen LogP contribution < -0.4 is 0 Å². The molecule has 0 aromatic rings. The number of rotatable bonds is 9. The molecule has 4 heteroatoms. The molecule has 4 nitrogen and oxygen atoms in total. The molecular formula is C13H25NO3. The number of carbonyl (C=O) groups excluding carboxylic acids is 1. The van der Waals surface area contributed by atoms with Crippen LogP contribution in [0.5, 0.6) is 0 Å². The van der Waals surface area contributed by atoms with E-state index >= 15 is 0 Å². The first kappa shape index (κ1) is 14.5. The Morgan fingerprint density at radius 3 is 2.65 bits per heavy atom. The molecule has 1 atom stereocenters. The van der Waals surface area contributed by atoms with Gasteiger partial charge >= 0.3 is 5.97 Å². The highest BCUT2D eigenvalue weighted by Crippen LogP contribution is 2.28. The van der Waals surface area contributed by atoms with Crippen molar-refractivity contribution in [2.45, 2.75) is 39.2 Å². The van der Waals surface area contributed by atoms with Gasteiger partial charge in [0.05, 0.1) is 13.2 Å². The second-order valence-electron chi connectivity index (χ2n) is 4.67. The summed E-state index contributed by atoms with van der Waals surface area (Å²) in [5.74, 6) is 0.673. The molecule has 0 aromatic heterocycles. The van der Waals surface area contributed by atoms with Crippen molar-refractivity contribution in [3.05, 3.63) is 0 Å². The normalized spacial score (nSPS) is 17.2. The number of esters is 1. The van der Waals surface area contributed by atoms with Gasteiger partial charge in [-0.3, -0.25) is 9.69 Å². The van der Waals surface area contributed by atoms with E-state index in [1.54, 1.807) is 0 Å². The summed E-state index contributed by atoms with van der Waals surface area (Å²) in [6.07, 6.45) is 3.41. The lowest BCUT2D eigenvalue weighted by Crippen LogP contribution is -2.41. The maximum absolute atomic E-state index is 11.7. The Bertz CT molecular complexity index is 229. The molecule has 0 spiro atoms. The van der Waals surface area contributed by atoms with E-state index < -0.39 is 0 Å². The number of hydrogen-bond acceptors (Lipinski definition) is 4. The summed E-state index contributed by atoms with van der Waals surface area (Å²) in [5, 5.41) is 0.